The van der Waals surface area contributed by atoms with Gasteiger partial charge in [-0.15, -0.1) is 0 Å². The number of ether oxygens (including phenoxy) is 2. The summed E-state index contributed by atoms with van der Waals surface area (Å²) in [6.45, 7) is 69.0. The molecule has 0 aliphatic rings. The number of carbonyl (C=O) groups is 5. The van der Waals surface area contributed by atoms with Gasteiger partial charge < -0.3 is 59.5 Å². The van der Waals surface area contributed by atoms with Crippen LogP contribution in [-0.2, 0) is 38.7 Å². The molecule has 7 aromatic carbocycles. The fourth-order valence-corrected chi connectivity index (χ4v) is 14.7. The minimum absolute atomic E-state index is 0.0185. The van der Waals surface area contributed by atoms with Crippen molar-refractivity contribution in [1.82, 2.24) is 15.0 Å². The molecule has 0 spiro atoms. The normalized spacial score (nSPS) is 11.8. The molecule has 20 nitrogen and oxygen atoms in total. The SMILES string of the molecule is CC(C)CN(c1cc(C(C)(C)C)cc(C(C)(C)C)c1)c1ccc(C(=O)O)cn1.CCCCN(c1cc(C(C)(C)C)cc(C(C)(C)C)c1)c1ccc(C(=O)O)cn1.CCN(c1cc(C)cc(C(F)(F)F)c1)c1ccc(C(=O)O)cn1.CCN(c1ccc(C(=O)O)cc1)c1cc(C(C)(C)C)c(OC)c(C(C)(C)C)c1.CCN(c1ccc(C(=O)O)cc1)c1cc(C(C)C)c(OCC(C)C)cc1C. The molecule has 10 aromatic rings. The first kappa shape index (κ1) is 110. The summed E-state index contributed by atoms with van der Waals surface area (Å²) in [5, 5.41) is 45.5. The summed E-state index contributed by atoms with van der Waals surface area (Å²) in [6.07, 6.45) is 1.74. The Labute approximate surface area is 795 Å². The van der Waals surface area contributed by atoms with Crippen molar-refractivity contribution >= 4 is 87.1 Å². The Bertz CT molecular complexity index is 5480. The van der Waals surface area contributed by atoms with Gasteiger partial charge in [0.25, 0.3) is 0 Å². The van der Waals surface area contributed by atoms with Gasteiger partial charge in [0, 0.05) is 102 Å². The van der Waals surface area contributed by atoms with E-state index in [0.29, 0.717) is 59.1 Å². The van der Waals surface area contributed by atoms with Gasteiger partial charge in [-0.05, 0) is 282 Å². The number of methoxy groups -OCH3 is 1. The van der Waals surface area contributed by atoms with Crippen molar-refractivity contribution in [3.05, 3.63) is 266 Å². The maximum absolute atomic E-state index is 13.0. The second-order valence-electron chi connectivity index (χ2n) is 41.3. The van der Waals surface area contributed by atoms with Crippen molar-refractivity contribution in [2.24, 2.45) is 11.8 Å². The zero-order valence-electron chi connectivity index (χ0n) is 85.0. The lowest BCUT2D eigenvalue weighted by Gasteiger charge is -2.33. The Balaban J connectivity index is 0.000000258. The predicted molar refractivity (Wildman–Crippen MR) is 542 cm³/mol. The van der Waals surface area contributed by atoms with Crippen LogP contribution < -0.4 is 34.0 Å². The number of pyridine rings is 3. The number of aryl methyl sites for hydroxylation is 2. The Morgan fingerprint density at radius 1 is 0.373 bits per heavy atom. The number of alkyl halides is 3. The number of rotatable bonds is 28. The van der Waals surface area contributed by atoms with E-state index in [2.05, 4.69) is 289 Å². The third kappa shape index (κ3) is 31.2. The van der Waals surface area contributed by atoms with Gasteiger partial charge in [0.2, 0.25) is 0 Å². The second kappa shape index (κ2) is 46.6. The molecule has 5 N–H and O–H groups in total. The van der Waals surface area contributed by atoms with Crippen LogP contribution in [0.25, 0.3) is 0 Å². The molecule has 10 rings (SSSR count). The third-order valence-electron chi connectivity index (χ3n) is 22.5. The standard InChI is InChI=1S/2C24H34N2O2.C24H33NO3.C23H31NO3.C16H15F3N2O2/c1-16(2)15-26(21-10-9-17(14-25-21)22(27)28)20-12-18(23(3,4)5)11-19(13-20)24(6,7)8;1-8-9-12-26(21-11-10-17(16-25-21)22(27)28)20-14-18(23(2,3)4)13-19(15-20)24(5,6)7;1-9-25(17-12-10-16(11-13-17)22(26)27)18-14-19(23(2,3)4)21(28-8)20(15-18)24(5,6)7;1-7-24(19-10-8-18(9-11-19)23(25)26)21-13-20(16(4)5)22(12-17(21)6)27-14-15(2)3;1-3-21(14-5-4-11(9-20-14)15(22)23)13-7-10(2)6-12(8-13)16(17,18)19/h9-14,16H,15H2,1-8H3,(H,27,28);10-11,13-16H,8-9,12H2,1-7H3,(H,27,28);10-15H,9H2,1-8H3,(H,26,27);8-13,15-16H,7,14H2,1-6H3,(H,25,26);4-9H,3H2,1-2H3,(H,22,23). The van der Waals surface area contributed by atoms with E-state index in [1.54, 1.807) is 80.5 Å². The van der Waals surface area contributed by atoms with Gasteiger partial charge in [-0.25, -0.2) is 38.9 Å². The molecule has 0 fully saturated rings. The molecule has 0 atom stereocenters. The molecular weight excluding hydrogens is 1690 g/mol. The van der Waals surface area contributed by atoms with Crippen LogP contribution >= 0.6 is 0 Å². The van der Waals surface area contributed by atoms with Gasteiger partial charge in [0.05, 0.1) is 47.1 Å². The maximum atomic E-state index is 13.0. The lowest BCUT2D eigenvalue weighted by atomic mass is 9.79. The van der Waals surface area contributed by atoms with Crippen molar-refractivity contribution in [1.29, 1.82) is 0 Å². The Morgan fingerprint density at radius 3 is 1.03 bits per heavy atom. The van der Waals surface area contributed by atoms with Gasteiger partial charge in [-0.2, -0.15) is 13.2 Å². The van der Waals surface area contributed by atoms with E-state index in [1.165, 1.54) is 58.5 Å². The van der Waals surface area contributed by atoms with Crippen molar-refractivity contribution < 1.29 is 72.2 Å². The minimum Gasteiger partial charge on any atom is -0.496 e. The fourth-order valence-electron chi connectivity index (χ4n) is 14.7. The molecule has 134 heavy (non-hydrogen) atoms. The minimum atomic E-state index is -4.43. The molecule has 0 saturated heterocycles. The molecule has 0 aliphatic carbocycles. The van der Waals surface area contributed by atoms with Crippen LogP contribution in [0.2, 0.25) is 0 Å². The predicted octanol–water partition coefficient (Wildman–Crippen LogP) is 28.9. The Morgan fingerprint density at radius 2 is 0.716 bits per heavy atom. The zero-order chi connectivity index (χ0) is 101. The van der Waals surface area contributed by atoms with Gasteiger partial charge >= 0.3 is 36.0 Å². The van der Waals surface area contributed by atoms with Crippen molar-refractivity contribution in [2.45, 2.75) is 265 Å². The number of nitrogens with zero attached hydrogens (tertiary/aromatic N) is 8. The molecule has 3 aromatic heterocycles. The molecule has 0 saturated carbocycles. The van der Waals surface area contributed by atoms with Crippen molar-refractivity contribution in [3.8, 4) is 11.5 Å². The first-order valence-electron chi connectivity index (χ1n) is 46.2. The summed E-state index contributed by atoms with van der Waals surface area (Å²) in [7, 11) is 1.74. The lowest BCUT2D eigenvalue weighted by molar-refractivity contribution is -0.137. The summed E-state index contributed by atoms with van der Waals surface area (Å²) in [5.74, 6) is 0.244. The number of unbranched alkanes of at least 4 members (excludes halogenated alkanes) is 1. The van der Waals surface area contributed by atoms with Gasteiger partial charge in [-0.1, -0.05) is 192 Å². The first-order chi connectivity index (χ1) is 62.1. The number of benzene rings is 7. The van der Waals surface area contributed by atoms with Crippen molar-refractivity contribution in [2.75, 3.05) is 70.9 Å². The van der Waals surface area contributed by atoms with Crippen molar-refractivity contribution in [3.63, 3.8) is 0 Å². The van der Waals surface area contributed by atoms with E-state index in [4.69, 9.17) is 19.7 Å². The van der Waals surface area contributed by atoms with Crippen LogP contribution in [0.15, 0.2) is 182 Å². The molecule has 3 heterocycles. The van der Waals surface area contributed by atoms with Crippen LogP contribution in [-0.4, -0.2) is 117 Å². The summed E-state index contributed by atoms with van der Waals surface area (Å²) in [4.78, 5) is 78.9. The highest BCUT2D eigenvalue weighted by Gasteiger charge is 2.34. The number of carboxylic acid groups (broad SMARTS) is 5. The molecule has 0 bridgehead atoms. The molecule has 0 unspecified atom stereocenters. The van der Waals surface area contributed by atoms with E-state index in [9.17, 15) is 52.5 Å². The van der Waals surface area contributed by atoms with Crippen LogP contribution in [0, 0.1) is 25.7 Å². The molecule has 0 amide bonds. The first-order valence-corrected chi connectivity index (χ1v) is 46.2. The van der Waals surface area contributed by atoms with E-state index in [0.717, 1.165) is 125 Å². The highest BCUT2D eigenvalue weighted by atomic mass is 19.4. The van der Waals surface area contributed by atoms with Gasteiger partial charge in [-0.3, -0.25) is 0 Å². The number of aromatic carboxylic acids is 5. The molecule has 724 valence electrons. The molecular formula is C111H147F3N8O12. The number of aromatic nitrogens is 3. The van der Waals surface area contributed by atoms with E-state index >= 15 is 0 Å². The summed E-state index contributed by atoms with van der Waals surface area (Å²) < 4.78 is 50.8. The molecule has 0 aliphatic heterocycles. The second-order valence-corrected chi connectivity index (χ2v) is 41.3. The largest absolute Gasteiger partial charge is 0.496 e. The summed E-state index contributed by atoms with van der Waals surface area (Å²) >= 11 is 0. The number of hydrogen-bond acceptors (Lipinski definition) is 15. The quantitative estimate of drug-likeness (QED) is 0.0305. The Kier molecular flexibility index (Phi) is 38.4. The van der Waals surface area contributed by atoms with E-state index < -0.39 is 41.6 Å². The van der Waals surface area contributed by atoms with Crippen LogP contribution in [0.5, 0.6) is 11.5 Å². The van der Waals surface area contributed by atoms with E-state index in [1.807, 2.05) is 24.3 Å². The zero-order valence-corrected chi connectivity index (χ0v) is 85.0. The molecule has 0 radical (unpaired) electrons. The maximum Gasteiger partial charge on any atom is 0.416 e. The van der Waals surface area contributed by atoms with Crippen LogP contribution in [0.3, 0.4) is 0 Å². The summed E-state index contributed by atoms with van der Waals surface area (Å²) in [5.41, 5.74) is 17.3. The van der Waals surface area contributed by atoms with Gasteiger partial charge in [0.15, 0.2) is 0 Å². The van der Waals surface area contributed by atoms with Crippen LogP contribution in [0.1, 0.15) is 320 Å². The van der Waals surface area contributed by atoms with Gasteiger partial charge in [0.1, 0.15) is 29.0 Å². The number of halogens is 3. The highest BCUT2D eigenvalue weighted by Crippen LogP contribution is 2.46. The summed E-state index contributed by atoms with van der Waals surface area (Å²) in [6, 6.07) is 49.9. The Hall–Kier alpha value is -12.3. The third-order valence-corrected chi connectivity index (χ3v) is 22.5. The number of carboxylic acids is 5. The monoisotopic (exact) mass is 1840 g/mol. The van der Waals surface area contributed by atoms with Crippen LogP contribution in [0.4, 0.5) is 70.4 Å². The lowest BCUT2D eigenvalue weighted by Crippen LogP contribution is -2.25. The fraction of sp³-hybridized carbons (Fsp3) is 0.441. The number of anilines is 10. The topological polar surface area (TPSA) is 260 Å². The molecule has 23 heteroatoms. The average molecular weight is 1840 g/mol. The average Bonchev–Trinajstić information content (AvgIpc) is 0.739. The number of hydrogen-bond donors (Lipinski definition) is 5. The highest BCUT2D eigenvalue weighted by molar-refractivity contribution is 5.91. The smallest absolute Gasteiger partial charge is 0.416 e. The van der Waals surface area contributed by atoms with E-state index in [-0.39, 0.29) is 49.2 Å².